The summed E-state index contributed by atoms with van der Waals surface area (Å²) in [5, 5.41) is 15.8. The van der Waals surface area contributed by atoms with Gasteiger partial charge in [0, 0.05) is 17.4 Å². The summed E-state index contributed by atoms with van der Waals surface area (Å²) in [6.07, 6.45) is 0.228. The predicted octanol–water partition coefficient (Wildman–Crippen LogP) is 4.29. The van der Waals surface area contributed by atoms with Crippen LogP contribution in [0.5, 0.6) is 23.1 Å². The monoisotopic (exact) mass is 457 g/mol. The van der Waals surface area contributed by atoms with Crippen LogP contribution in [0.3, 0.4) is 0 Å². The molecule has 0 saturated carbocycles. The van der Waals surface area contributed by atoms with Crippen molar-refractivity contribution in [3.63, 3.8) is 0 Å². The second-order valence-electron chi connectivity index (χ2n) is 7.98. The van der Waals surface area contributed by atoms with Crippen LogP contribution in [0, 0.1) is 20.8 Å². The number of nitrogens with zero attached hydrogens (tertiary/aromatic N) is 4. The van der Waals surface area contributed by atoms with Crippen LogP contribution in [-0.4, -0.2) is 32.7 Å². The molecule has 172 valence electrons. The van der Waals surface area contributed by atoms with Crippen LogP contribution in [0.1, 0.15) is 22.5 Å². The van der Waals surface area contributed by atoms with E-state index in [0.29, 0.717) is 34.6 Å². The highest BCUT2D eigenvalue weighted by atomic mass is 16.7. The summed E-state index contributed by atoms with van der Waals surface area (Å²) < 4.78 is 18.2. The van der Waals surface area contributed by atoms with E-state index in [1.807, 2.05) is 45.0 Å². The van der Waals surface area contributed by atoms with E-state index in [-0.39, 0.29) is 19.1 Å². The van der Waals surface area contributed by atoms with E-state index >= 15 is 0 Å². The largest absolute Gasteiger partial charge is 0.454 e. The molecule has 0 bridgehead atoms. The minimum atomic E-state index is -0.131. The van der Waals surface area contributed by atoms with Gasteiger partial charge in [-0.2, -0.15) is 5.10 Å². The first-order valence-corrected chi connectivity index (χ1v) is 10.8. The normalized spacial score (nSPS) is 12.0. The lowest BCUT2D eigenvalue weighted by molar-refractivity contribution is -0.115. The van der Waals surface area contributed by atoms with Crippen molar-refractivity contribution in [2.75, 3.05) is 12.1 Å². The molecule has 0 radical (unpaired) electrons. The highest BCUT2D eigenvalue weighted by Gasteiger charge is 2.15. The third-order valence-electron chi connectivity index (χ3n) is 5.66. The van der Waals surface area contributed by atoms with Crippen LogP contribution in [0.4, 0.5) is 5.69 Å². The highest BCUT2D eigenvalue weighted by Crippen LogP contribution is 2.32. The molecule has 0 spiro atoms. The van der Waals surface area contributed by atoms with Crippen LogP contribution in [0.15, 0.2) is 54.6 Å². The molecule has 5 rings (SSSR count). The van der Waals surface area contributed by atoms with Crippen molar-refractivity contribution in [3.05, 3.63) is 77.1 Å². The molecule has 1 N–H and O–H groups in total. The van der Waals surface area contributed by atoms with Crippen LogP contribution < -0.4 is 19.5 Å². The van der Waals surface area contributed by atoms with Gasteiger partial charge in [-0.25, -0.2) is 4.68 Å². The summed E-state index contributed by atoms with van der Waals surface area (Å²) in [5.74, 6) is 2.79. The fourth-order valence-corrected chi connectivity index (χ4v) is 3.59. The highest BCUT2D eigenvalue weighted by molar-refractivity contribution is 5.92. The van der Waals surface area contributed by atoms with Gasteiger partial charge in [0.15, 0.2) is 17.3 Å². The third-order valence-corrected chi connectivity index (χ3v) is 5.66. The van der Waals surface area contributed by atoms with Crippen LogP contribution in [-0.2, 0) is 11.2 Å². The quantitative estimate of drug-likeness (QED) is 0.461. The van der Waals surface area contributed by atoms with E-state index < -0.39 is 0 Å². The number of rotatable bonds is 6. The van der Waals surface area contributed by atoms with Gasteiger partial charge in [0.25, 0.3) is 0 Å². The molecule has 34 heavy (non-hydrogen) atoms. The molecule has 3 heterocycles. The second kappa shape index (κ2) is 8.86. The Morgan fingerprint density at radius 1 is 1.00 bits per heavy atom. The van der Waals surface area contributed by atoms with Crippen molar-refractivity contribution in [2.45, 2.75) is 27.2 Å². The molecule has 1 amide bonds. The third kappa shape index (κ3) is 4.40. The van der Waals surface area contributed by atoms with Crippen molar-refractivity contribution in [3.8, 4) is 28.9 Å². The first-order chi connectivity index (χ1) is 16.5. The minimum absolute atomic E-state index is 0.131. The molecular weight excluding hydrogens is 434 g/mol. The number of amides is 1. The second-order valence-corrected chi connectivity index (χ2v) is 7.98. The maximum atomic E-state index is 12.4. The van der Waals surface area contributed by atoms with Gasteiger partial charge >= 0.3 is 0 Å². The minimum Gasteiger partial charge on any atom is -0.454 e. The summed E-state index contributed by atoms with van der Waals surface area (Å²) >= 11 is 0. The van der Waals surface area contributed by atoms with Gasteiger partial charge in [-0.1, -0.05) is 6.07 Å². The fraction of sp³-hybridized carbons (Fsp3) is 0.200. The number of ether oxygens (including phenoxy) is 3. The van der Waals surface area contributed by atoms with Crippen molar-refractivity contribution >= 4 is 11.6 Å². The number of nitrogens with one attached hydrogen (secondary N) is 1. The van der Waals surface area contributed by atoms with Gasteiger partial charge in [-0.3, -0.25) is 4.79 Å². The van der Waals surface area contributed by atoms with E-state index in [2.05, 4.69) is 20.6 Å². The topological polar surface area (TPSA) is 100 Å². The fourth-order valence-electron chi connectivity index (χ4n) is 3.59. The first-order valence-electron chi connectivity index (χ1n) is 10.8. The number of anilines is 1. The lowest BCUT2D eigenvalue weighted by atomic mass is 10.1. The Kier molecular flexibility index (Phi) is 5.59. The Hall–Kier alpha value is -4.40. The number of fused-ring (bicyclic) bond motifs is 1. The maximum absolute atomic E-state index is 12.4. The number of hydrogen-bond acceptors (Lipinski definition) is 7. The molecule has 0 saturated heterocycles. The van der Waals surface area contributed by atoms with E-state index in [1.54, 1.807) is 35.0 Å². The van der Waals surface area contributed by atoms with E-state index in [1.165, 1.54) is 0 Å². The van der Waals surface area contributed by atoms with E-state index in [0.717, 1.165) is 22.5 Å². The maximum Gasteiger partial charge on any atom is 0.238 e. The summed E-state index contributed by atoms with van der Waals surface area (Å²) in [5.41, 5.74) is 4.63. The first kappa shape index (κ1) is 21.4. The lowest BCUT2D eigenvalue weighted by Crippen LogP contribution is -2.14. The number of carbonyl (C=O) groups excluding carboxylic acids is 1. The van der Waals surface area contributed by atoms with Crippen molar-refractivity contribution < 1.29 is 19.0 Å². The Labute approximate surface area is 196 Å². The van der Waals surface area contributed by atoms with Gasteiger partial charge in [0.1, 0.15) is 5.75 Å². The molecule has 9 nitrogen and oxygen atoms in total. The van der Waals surface area contributed by atoms with Gasteiger partial charge < -0.3 is 19.5 Å². The molecule has 4 aromatic rings. The molecule has 0 atom stereocenters. The van der Waals surface area contributed by atoms with Crippen LogP contribution >= 0.6 is 0 Å². The lowest BCUT2D eigenvalue weighted by Gasteiger charge is -2.08. The predicted molar refractivity (Wildman–Crippen MR) is 125 cm³/mol. The number of carbonyl (C=O) groups is 1. The summed E-state index contributed by atoms with van der Waals surface area (Å²) in [6, 6.07) is 16.1. The molecule has 2 aromatic carbocycles. The summed E-state index contributed by atoms with van der Waals surface area (Å²) in [4.78, 5) is 12.4. The van der Waals surface area contributed by atoms with E-state index in [9.17, 15) is 4.79 Å². The number of aryl methyl sites for hydroxylation is 1. The van der Waals surface area contributed by atoms with Gasteiger partial charge in [-0.15, -0.1) is 10.2 Å². The number of aromatic nitrogens is 4. The molecule has 0 fully saturated rings. The molecule has 2 aromatic heterocycles. The van der Waals surface area contributed by atoms with Crippen molar-refractivity contribution in [1.82, 2.24) is 20.0 Å². The smallest absolute Gasteiger partial charge is 0.238 e. The zero-order valence-electron chi connectivity index (χ0n) is 19.0. The average molecular weight is 457 g/mol. The number of hydrogen-bond donors (Lipinski definition) is 1. The molecule has 0 unspecified atom stereocenters. The standard InChI is InChI=1S/C25H23N5O4/c1-15-16(2)29-30(17(15)3)23-10-11-25(28-27-23)34-20-7-5-19(6-8-20)26-24(31)13-18-4-9-21-22(12-18)33-14-32-21/h4-12H,13-14H2,1-3H3,(H,26,31). The summed E-state index contributed by atoms with van der Waals surface area (Å²) in [7, 11) is 0. The Morgan fingerprint density at radius 3 is 2.50 bits per heavy atom. The van der Waals surface area contributed by atoms with Gasteiger partial charge in [-0.05, 0) is 74.4 Å². The van der Waals surface area contributed by atoms with Crippen molar-refractivity contribution in [2.24, 2.45) is 0 Å². The molecule has 0 aliphatic carbocycles. The zero-order valence-corrected chi connectivity index (χ0v) is 19.0. The van der Waals surface area contributed by atoms with Gasteiger partial charge in [0.2, 0.25) is 18.6 Å². The molecule has 9 heteroatoms. The van der Waals surface area contributed by atoms with Crippen LogP contribution in [0.2, 0.25) is 0 Å². The van der Waals surface area contributed by atoms with Crippen LogP contribution in [0.25, 0.3) is 5.82 Å². The molecule has 1 aliphatic rings. The average Bonchev–Trinajstić information content (AvgIpc) is 3.40. The zero-order chi connectivity index (χ0) is 23.7. The Balaban J connectivity index is 1.19. The summed E-state index contributed by atoms with van der Waals surface area (Å²) in [6.45, 7) is 6.20. The van der Waals surface area contributed by atoms with Gasteiger partial charge in [0.05, 0.1) is 12.1 Å². The molecule has 1 aliphatic heterocycles. The van der Waals surface area contributed by atoms with Crippen molar-refractivity contribution in [1.29, 1.82) is 0 Å². The Bertz CT molecular complexity index is 1350. The van der Waals surface area contributed by atoms with E-state index in [4.69, 9.17) is 14.2 Å². The SMILES string of the molecule is Cc1nn(-c2ccc(Oc3ccc(NC(=O)Cc4ccc5c(c4)OCO5)cc3)nn2)c(C)c1C. The Morgan fingerprint density at radius 2 is 1.79 bits per heavy atom. The molecular formula is C25H23N5O4. The number of benzene rings is 2.